The van der Waals surface area contributed by atoms with E-state index < -0.39 is 10.2 Å². The molecule has 0 aromatic heterocycles. The molecule has 0 fully saturated rings. The number of nitrogens with zero attached hydrogens (tertiary/aromatic N) is 1. The molecule has 0 heterocycles. The zero-order chi connectivity index (χ0) is 12.2. The first kappa shape index (κ1) is 13.1. The molecule has 0 atom stereocenters. The van der Waals surface area contributed by atoms with Crippen LogP contribution < -0.4 is 4.72 Å². The van der Waals surface area contributed by atoms with Gasteiger partial charge in [-0.3, -0.25) is 0 Å². The summed E-state index contributed by atoms with van der Waals surface area (Å²) < 4.78 is 26.5. The lowest BCUT2D eigenvalue weighted by atomic mass is 10.1. The second-order valence-electron chi connectivity index (χ2n) is 3.54. The van der Waals surface area contributed by atoms with Crippen LogP contribution in [0.5, 0.6) is 0 Å². The van der Waals surface area contributed by atoms with E-state index >= 15 is 0 Å². The van der Waals surface area contributed by atoms with Crippen LogP contribution in [0, 0.1) is 0 Å². The average molecular weight is 244 g/mol. The third-order valence-electron chi connectivity index (χ3n) is 2.21. The molecule has 0 saturated carbocycles. The van der Waals surface area contributed by atoms with Crippen LogP contribution in [0.3, 0.4) is 0 Å². The molecule has 90 valence electrons. The number of aliphatic hydroxyl groups excluding tert-OH is 1. The Morgan fingerprint density at radius 2 is 1.81 bits per heavy atom. The van der Waals surface area contributed by atoms with Crippen LogP contribution in [-0.4, -0.2) is 31.9 Å². The number of aliphatic hydroxyl groups is 1. The molecule has 0 spiro atoms. The molecule has 6 heteroatoms. The third-order valence-corrected chi connectivity index (χ3v) is 3.69. The molecule has 0 aliphatic heterocycles. The molecule has 1 aromatic carbocycles. The summed E-state index contributed by atoms with van der Waals surface area (Å²) in [6.45, 7) is 0.0805. The van der Waals surface area contributed by atoms with Crippen LogP contribution in [0.2, 0.25) is 0 Å². The van der Waals surface area contributed by atoms with Gasteiger partial charge in [0.25, 0.3) is 10.2 Å². The van der Waals surface area contributed by atoms with Gasteiger partial charge in [0.2, 0.25) is 0 Å². The zero-order valence-corrected chi connectivity index (χ0v) is 10.2. The summed E-state index contributed by atoms with van der Waals surface area (Å²) in [6.07, 6.45) is 0. The summed E-state index contributed by atoms with van der Waals surface area (Å²) in [5.74, 6) is 0. The normalized spacial score (nSPS) is 12.0. The zero-order valence-electron chi connectivity index (χ0n) is 9.34. The molecule has 0 saturated heterocycles. The van der Waals surface area contributed by atoms with Crippen molar-refractivity contribution in [2.24, 2.45) is 0 Å². The van der Waals surface area contributed by atoms with Crippen molar-refractivity contribution in [3.63, 3.8) is 0 Å². The summed E-state index contributed by atoms with van der Waals surface area (Å²) in [6, 6.07) is 7.15. The maximum Gasteiger partial charge on any atom is 0.279 e. The van der Waals surface area contributed by atoms with Gasteiger partial charge in [-0.2, -0.15) is 17.4 Å². The Balaban J connectivity index is 2.75. The Morgan fingerprint density at radius 3 is 2.31 bits per heavy atom. The lowest BCUT2D eigenvalue weighted by molar-refractivity contribution is 0.280. The second-order valence-corrected chi connectivity index (χ2v) is 5.50. The highest BCUT2D eigenvalue weighted by Crippen LogP contribution is 2.08. The highest BCUT2D eigenvalue weighted by Gasteiger charge is 2.12. The van der Waals surface area contributed by atoms with Crippen molar-refractivity contribution in [1.29, 1.82) is 0 Å². The van der Waals surface area contributed by atoms with E-state index in [0.29, 0.717) is 0 Å². The largest absolute Gasteiger partial charge is 0.392 e. The van der Waals surface area contributed by atoms with Crippen LogP contribution in [0.15, 0.2) is 24.3 Å². The minimum atomic E-state index is -3.42. The Morgan fingerprint density at radius 1 is 1.25 bits per heavy atom. The first-order valence-electron chi connectivity index (χ1n) is 4.82. The molecule has 16 heavy (non-hydrogen) atoms. The molecule has 0 aliphatic carbocycles. The molecule has 0 radical (unpaired) electrons. The van der Waals surface area contributed by atoms with Gasteiger partial charge < -0.3 is 5.11 Å². The summed E-state index contributed by atoms with van der Waals surface area (Å²) in [5.41, 5.74) is 1.50. The minimum absolute atomic E-state index is 0.0974. The first-order chi connectivity index (χ1) is 7.47. The van der Waals surface area contributed by atoms with Gasteiger partial charge >= 0.3 is 0 Å². The Kier molecular flexibility index (Phi) is 4.43. The standard InChI is InChI=1S/C10H16N2O3S/c1-12(2)16(14,15)11-7-9-5-3-4-6-10(9)8-13/h3-6,11,13H,7-8H2,1-2H3. The van der Waals surface area contributed by atoms with Crippen molar-refractivity contribution in [2.45, 2.75) is 13.2 Å². The topological polar surface area (TPSA) is 69.6 Å². The number of hydrogen-bond acceptors (Lipinski definition) is 3. The van der Waals surface area contributed by atoms with Gasteiger partial charge in [0.05, 0.1) is 6.61 Å². The molecular weight excluding hydrogens is 228 g/mol. The van der Waals surface area contributed by atoms with Crippen molar-refractivity contribution in [2.75, 3.05) is 14.1 Å². The number of rotatable bonds is 5. The van der Waals surface area contributed by atoms with Gasteiger partial charge in [-0.1, -0.05) is 24.3 Å². The monoisotopic (exact) mass is 244 g/mol. The van der Waals surface area contributed by atoms with E-state index in [1.54, 1.807) is 24.3 Å². The Bertz CT molecular complexity index is 443. The Labute approximate surface area is 95.9 Å². The lowest BCUT2D eigenvalue weighted by Crippen LogP contribution is -2.35. The van der Waals surface area contributed by atoms with Gasteiger partial charge in [0, 0.05) is 20.6 Å². The molecule has 0 aliphatic rings. The van der Waals surface area contributed by atoms with E-state index in [2.05, 4.69) is 4.72 Å². The van der Waals surface area contributed by atoms with Gasteiger partial charge in [-0.05, 0) is 11.1 Å². The van der Waals surface area contributed by atoms with Crippen LogP contribution in [0.25, 0.3) is 0 Å². The van der Waals surface area contributed by atoms with E-state index in [1.165, 1.54) is 14.1 Å². The van der Waals surface area contributed by atoms with Crippen LogP contribution >= 0.6 is 0 Å². The predicted molar refractivity (Wildman–Crippen MR) is 61.8 cm³/mol. The maximum absolute atomic E-state index is 11.5. The highest BCUT2D eigenvalue weighted by molar-refractivity contribution is 7.87. The molecule has 2 N–H and O–H groups in total. The maximum atomic E-state index is 11.5. The smallest absolute Gasteiger partial charge is 0.279 e. The van der Waals surface area contributed by atoms with Gasteiger partial charge in [0.15, 0.2) is 0 Å². The van der Waals surface area contributed by atoms with Gasteiger partial charge in [-0.15, -0.1) is 0 Å². The van der Waals surface area contributed by atoms with E-state index in [9.17, 15) is 8.42 Å². The summed E-state index contributed by atoms with van der Waals surface area (Å²) >= 11 is 0. The van der Waals surface area contributed by atoms with Crippen molar-refractivity contribution in [3.8, 4) is 0 Å². The van der Waals surface area contributed by atoms with Crippen LogP contribution in [0.4, 0.5) is 0 Å². The lowest BCUT2D eigenvalue weighted by Gasteiger charge is -2.13. The molecular formula is C10H16N2O3S. The third kappa shape index (κ3) is 3.28. The van der Waals surface area contributed by atoms with E-state index in [1.807, 2.05) is 0 Å². The van der Waals surface area contributed by atoms with Gasteiger partial charge in [0.1, 0.15) is 0 Å². The first-order valence-corrected chi connectivity index (χ1v) is 6.26. The number of hydrogen-bond donors (Lipinski definition) is 2. The SMILES string of the molecule is CN(C)S(=O)(=O)NCc1ccccc1CO. The van der Waals surface area contributed by atoms with Crippen molar-refractivity contribution >= 4 is 10.2 Å². The fourth-order valence-corrected chi connectivity index (χ4v) is 1.78. The fourth-order valence-electron chi connectivity index (χ4n) is 1.18. The molecule has 1 rings (SSSR count). The summed E-state index contributed by atoms with van der Waals surface area (Å²) in [5, 5.41) is 9.07. The van der Waals surface area contributed by atoms with Crippen molar-refractivity contribution in [3.05, 3.63) is 35.4 Å². The predicted octanol–water partition coefficient (Wildman–Crippen LogP) is 0.0749. The number of nitrogens with one attached hydrogen (secondary N) is 1. The average Bonchev–Trinajstić information content (AvgIpc) is 2.26. The molecule has 0 amide bonds. The van der Waals surface area contributed by atoms with E-state index in [4.69, 9.17) is 5.11 Å². The molecule has 0 unspecified atom stereocenters. The Hall–Kier alpha value is -0.950. The molecule has 5 nitrogen and oxygen atoms in total. The minimum Gasteiger partial charge on any atom is -0.392 e. The van der Waals surface area contributed by atoms with Crippen molar-refractivity contribution < 1.29 is 13.5 Å². The van der Waals surface area contributed by atoms with Crippen molar-refractivity contribution in [1.82, 2.24) is 9.03 Å². The second kappa shape index (κ2) is 5.40. The van der Waals surface area contributed by atoms with Gasteiger partial charge in [-0.25, -0.2) is 0 Å². The fraction of sp³-hybridized carbons (Fsp3) is 0.400. The summed E-state index contributed by atoms with van der Waals surface area (Å²) in [4.78, 5) is 0. The number of benzene rings is 1. The molecule has 1 aromatic rings. The highest BCUT2D eigenvalue weighted by atomic mass is 32.2. The van der Waals surface area contributed by atoms with Crippen LogP contribution in [0.1, 0.15) is 11.1 Å². The quantitative estimate of drug-likeness (QED) is 0.770. The summed E-state index contributed by atoms with van der Waals surface area (Å²) in [7, 11) is -0.502. The van der Waals surface area contributed by atoms with E-state index in [-0.39, 0.29) is 13.2 Å². The molecule has 0 bridgehead atoms. The van der Waals surface area contributed by atoms with E-state index in [0.717, 1.165) is 15.4 Å². The van der Waals surface area contributed by atoms with Crippen LogP contribution in [-0.2, 0) is 23.4 Å².